The minimum Gasteiger partial charge on any atom is -0.480 e. The highest BCUT2D eigenvalue weighted by molar-refractivity contribution is 7.09. The summed E-state index contributed by atoms with van der Waals surface area (Å²) < 4.78 is 0. The van der Waals surface area contributed by atoms with Crippen LogP contribution in [0.1, 0.15) is 4.88 Å². The number of rotatable bonds is 5. The van der Waals surface area contributed by atoms with Gasteiger partial charge in [-0.2, -0.15) is 5.48 Å². The summed E-state index contributed by atoms with van der Waals surface area (Å²) in [5.41, 5.74) is 2.43. The summed E-state index contributed by atoms with van der Waals surface area (Å²) >= 11 is 1.54. The van der Waals surface area contributed by atoms with Crippen LogP contribution in [0.4, 0.5) is 0 Å². The van der Waals surface area contributed by atoms with Gasteiger partial charge in [0.1, 0.15) is 6.04 Å². The van der Waals surface area contributed by atoms with Crippen molar-refractivity contribution in [1.29, 1.82) is 0 Å². The molecule has 0 spiro atoms. The molecule has 72 valence electrons. The number of nitrogens with one attached hydrogen (secondary N) is 1. The van der Waals surface area contributed by atoms with Gasteiger partial charge in [-0.05, 0) is 11.4 Å². The maximum Gasteiger partial charge on any atom is 0.323 e. The zero-order chi connectivity index (χ0) is 9.68. The zero-order valence-electron chi connectivity index (χ0n) is 7.19. The summed E-state index contributed by atoms with van der Waals surface area (Å²) in [7, 11) is 1.41. The summed E-state index contributed by atoms with van der Waals surface area (Å²) in [6.07, 6.45) is 0.445. The van der Waals surface area contributed by atoms with Gasteiger partial charge in [-0.3, -0.25) is 4.79 Å². The molecule has 0 fully saturated rings. The average Bonchev–Trinajstić information content (AvgIpc) is 2.56. The maximum atomic E-state index is 10.7. The van der Waals surface area contributed by atoms with Crippen molar-refractivity contribution in [2.45, 2.75) is 12.5 Å². The molecule has 2 N–H and O–H groups in total. The quantitative estimate of drug-likeness (QED) is 0.695. The zero-order valence-corrected chi connectivity index (χ0v) is 8.00. The first-order valence-electron chi connectivity index (χ1n) is 3.77. The van der Waals surface area contributed by atoms with Crippen LogP contribution in [0.25, 0.3) is 0 Å². The van der Waals surface area contributed by atoms with E-state index in [2.05, 4.69) is 10.3 Å². The van der Waals surface area contributed by atoms with E-state index in [0.717, 1.165) is 4.88 Å². The lowest BCUT2D eigenvalue weighted by atomic mass is 10.2. The number of carboxylic acids is 1. The molecule has 0 aliphatic carbocycles. The lowest BCUT2D eigenvalue weighted by molar-refractivity contribution is -0.143. The standard InChI is InChI=1S/C8H11NO3S/c1-12-9-7(8(10)11)5-6-3-2-4-13-6/h2-4,7,9H,5H2,1H3,(H,10,11). The highest BCUT2D eigenvalue weighted by Crippen LogP contribution is 2.11. The summed E-state index contributed by atoms with van der Waals surface area (Å²) in [5.74, 6) is -0.907. The Morgan fingerprint density at radius 2 is 2.62 bits per heavy atom. The summed E-state index contributed by atoms with van der Waals surface area (Å²) in [4.78, 5) is 16.3. The molecule has 0 aliphatic heterocycles. The van der Waals surface area contributed by atoms with Gasteiger partial charge < -0.3 is 9.94 Å². The highest BCUT2D eigenvalue weighted by atomic mass is 32.1. The topological polar surface area (TPSA) is 58.6 Å². The van der Waals surface area contributed by atoms with Crippen molar-refractivity contribution in [2.75, 3.05) is 7.11 Å². The molecule has 4 nitrogen and oxygen atoms in total. The van der Waals surface area contributed by atoms with Crippen LogP contribution in [0.2, 0.25) is 0 Å². The first kappa shape index (κ1) is 10.2. The molecular weight excluding hydrogens is 190 g/mol. The molecule has 0 aliphatic rings. The molecule has 0 bridgehead atoms. The molecule has 1 aromatic heterocycles. The van der Waals surface area contributed by atoms with Gasteiger partial charge in [-0.15, -0.1) is 11.3 Å². The first-order valence-corrected chi connectivity index (χ1v) is 4.65. The molecule has 13 heavy (non-hydrogen) atoms. The van der Waals surface area contributed by atoms with Gasteiger partial charge in [0.2, 0.25) is 0 Å². The second-order valence-corrected chi connectivity index (χ2v) is 3.53. The van der Waals surface area contributed by atoms with Crippen LogP contribution >= 0.6 is 11.3 Å². The largest absolute Gasteiger partial charge is 0.480 e. The molecule has 0 radical (unpaired) electrons. The third-order valence-corrected chi connectivity index (χ3v) is 2.44. The van der Waals surface area contributed by atoms with Crippen LogP contribution in [0.3, 0.4) is 0 Å². The third-order valence-electron chi connectivity index (χ3n) is 1.54. The SMILES string of the molecule is CONC(Cc1cccs1)C(=O)O. The Labute approximate surface area is 80.1 Å². The van der Waals surface area contributed by atoms with Gasteiger partial charge in [0.05, 0.1) is 7.11 Å². The molecule has 0 saturated carbocycles. The van der Waals surface area contributed by atoms with Crippen molar-refractivity contribution in [3.8, 4) is 0 Å². The van der Waals surface area contributed by atoms with Gasteiger partial charge in [0.15, 0.2) is 0 Å². The maximum absolute atomic E-state index is 10.7. The van der Waals surface area contributed by atoms with Gasteiger partial charge in [-0.1, -0.05) is 6.07 Å². The molecule has 1 rings (SSSR count). The van der Waals surface area contributed by atoms with Crippen molar-refractivity contribution >= 4 is 17.3 Å². The molecule has 5 heteroatoms. The smallest absolute Gasteiger partial charge is 0.323 e. The van der Waals surface area contributed by atoms with Gasteiger partial charge in [0.25, 0.3) is 0 Å². The average molecular weight is 201 g/mol. The fraction of sp³-hybridized carbons (Fsp3) is 0.375. The van der Waals surface area contributed by atoms with Crippen molar-refractivity contribution in [2.24, 2.45) is 0 Å². The molecule has 0 aromatic carbocycles. The Kier molecular flexibility index (Phi) is 3.88. The van der Waals surface area contributed by atoms with E-state index in [1.165, 1.54) is 18.4 Å². The summed E-state index contributed by atoms with van der Waals surface area (Å²) in [6.45, 7) is 0. The molecule has 1 unspecified atom stereocenters. The number of aliphatic carboxylic acids is 1. The Balaban J connectivity index is 2.52. The fourth-order valence-corrected chi connectivity index (χ4v) is 1.70. The van der Waals surface area contributed by atoms with Crippen LogP contribution in [-0.2, 0) is 16.1 Å². The number of thiophene rings is 1. The highest BCUT2D eigenvalue weighted by Gasteiger charge is 2.17. The fourth-order valence-electron chi connectivity index (χ4n) is 0.952. The van der Waals surface area contributed by atoms with Gasteiger partial charge in [-0.25, -0.2) is 0 Å². The molecule has 1 heterocycles. The molecular formula is C8H11NO3S. The molecule has 1 aromatic rings. The van der Waals surface area contributed by atoms with E-state index in [9.17, 15) is 4.79 Å². The Morgan fingerprint density at radius 1 is 1.85 bits per heavy atom. The van der Waals surface area contributed by atoms with E-state index in [1.807, 2.05) is 17.5 Å². The first-order chi connectivity index (χ1) is 6.24. The monoisotopic (exact) mass is 201 g/mol. The second-order valence-electron chi connectivity index (χ2n) is 2.50. The van der Waals surface area contributed by atoms with Crippen molar-refractivity contribution in [1.82, 2.24) is 5.48 Å². The van der Waals surface area contributed by atoms with Crippen LogP contribution < -0.4 is 5.48 Å². The molecule has 1 atom stereocenters. The lowest BCUT2D eigenvalue weighted by Gasteiger charge is -2.10. The van der Waals surface area contributed by atoms with Crippen LogP contribution in [0, 0.1) is 0 Å². The van der Waals surface area contributed by atoms with E-state index in [0.29, 0.717) is 6.42 Å². The van der Waals surface area contributed by atoms with E-state index in [1.54, 1.807) is 0 Å². The van der Waals surface area contributed by atoms with Crippen LogP contribution in [0.15, 0.2) is 17.5 Å². The van der Waals surface area contributed by atoms with Crippen molar-refractivity contribution < 1.29 is 14.7 Å². The Hall–Kier alpha value is -0.910. The third kappa shape index (κ3) is 3.14. The van der Waals surface area contributed by atoms with Crippen LogP contribution in [-0.4, -0.2) is 24.2 Å². The van der Waals surface area contributed by atoms with Gasteiger partial charge in [0, 0.05) is 11.3 Å². The number of hydroxylamine groups is 1. The van der Waals surface area contributed by atoms with E-state index in [-0.39, 0.29) is 0 Å². The Bertz CT molecular complexity index is 260. The predicted octanol–water partition coefficient (Wildman–Crippen LogP) is 0.895. The summed E-state index contributed by atoms with van der Waals surface area (Å²) in [5, 5.41) is 10.7. The van der Waals surface area contributed by atoms with Crippen molar-refractivity contribution in [3.63, 3.8) is 0 Å². The van der Waals surface area contributed by atoms with E-state index >= 15 is 0 Å². The number of carbonyl (C=O) groups is 1. The second kappa shape index (κ2) is 4.96. The minimum absolute atomic E-state index is 0.445. The summed E-state index contributed by atoms with van der Waals surface area (Å²) in [6, 6.07) is 3.12. The predicted molar refractivity (Wildman–Crippen MR) is 49.6 cm³/mol. The number of hydrogen-bond donors (Lipinski definition) is 2. The number of carboxylic acid groups (broad SMARTS) is 1. The normalized spacial score (nSPS) is 12.7. The molecule has 0 amide bonds. The lowest BCUT2D eigenvalue weighted by Crippen LogP contribution is -2.37. The van der Waals surface area contributed by atoms with Gasteiger partial charge >= 0.3 is 5.97 Å². The molecule has 0 saturated heterocycles. The van der Waals surface area contributed by atoms with Crippen molar-refractivity contribution in [3.05, 3.63) is 22.4 Å². The van der Waals surface area contributed by atoms with Crippen LogP contribution in [0.5, 0.6) is 0 Å². The minimum atomic E-state index is -0.907. The van der Waals surface area contributed by atoms with E-state index < -0.39 is 12.0 Å². The van der Waals surface area contributed by atoms with E-state index in [4.69, 9.17) is 5.11 Å². The Morgan fingerprint density at radius 3 is 3.08 bits per heavy atom. The number of hydrogen-bond acceptors (Lipinski definition) is 4.